The molecule has 1 rings (SSSR count). The first-order valence-electron chi connectivity index (χ1n) is 5.57. The second kappa shape index (κ2) is 6.23. The van der Waals surface area contributed by atoms with Gasteiger partial charge in [0.25, 0.3) is 0 Å². The highest BCUT2D eigenvalue weighted by atomic mass is 16.5. The van der Waals surface area contributed by atoms with Gasteiger partial charge in [0.05, 0.1) is 31.3 Å². The van der Waals surface area contributed by atoms with Gasteiger partial charge in [0.2, 0.25) is 0 Å². The molecular weight excluding hydrogens is 204 g/mol. The number of nitriles is 1. The maximum absolute atomic E-state index is 8.70. The fourth-order valence-electron chi connectivity index (χ4n) is 1.65. The Kier molecular flexibility index (Phi) is 4.93. The first-order chi connectivity index (χ1) is 7.70. The number of hydrogen-bond donors (Lipinski definition) is 0. The molecule has 1 aromatic rings. The molecule has 1 heterocycles. The van der Waals surface area contributed by atoms with Crippen LogP contribution >= 0.6 is 0 Å². The van der Waals surface area contributed by atoms with Crippen molar-refractivity contribution in [2.45, 2.75) is 39.7 Å². The molecule has 1 aromatic heterocycles. The van der Waals surface area contributed by atoms with Gasteiger partial charge in [0.1, 0.15) is 5.69 Å². The number of nitrogens with zero attached hydrogens (tertiary/aromatic N) is 4. The van der Waals surface area contributed by atoms with Crippen molar-refractivity contribution < 1.29 is 4.74 Å². The van der Waals surface area contributed by atoms with Crippen molar-refractivity contribution in [3.63, 3.8) is 0 Å². The Labute approximate surface area is 96.0 Å². The minimum Gasteiger partial charge on any atom is -0.380 e. The van der Waals surface area contributed by atoms with Crippen molar-refractivity contribution in [1.82, 2.24) is 15.0 Å². The molecule has 0 fully saturated rings. The van der Waals surface area contributed by atoms with Crippen LogP contribution < -0.4 is 0 Å². The van der Waals surface area contributed by atoms with Gasteiger partial charge in [-0.2, -0.15) is 5.26 Å². The molecule has 0 amide bonds. The lowest BCUT2D eigenvalue weighted by atomic mass is 10.1. The topological polar surface area (TPSA) is 63.7 Å². The average molecular weight is 222 g/mol. The van der Waals surface area contributed by atoms with E-state index >= 15 is 0 Å². The minimum absolute atomic E-state index is 0.319. The summed E-state index contributed by atoms with van der Waals surface area (Å²) in [6.07, 6.45) is 0.322. The lowest BCUT2D eigenvalue weighted by molar-refractivity contribution is 0.135. The Balaban J connectivity index is 2.79. The summed E-state index contributed by atoms with van der Waals surface area (Å²) in [5, 5.41) is 16.8. The van der Waals surface area contributed by atoms with Crippen LogP contribution in [0.15, 0.2) is 0 Å². The molecule has 0 unspecified atom stereocenters. The zero-order valence-electron chi connectivity index (χ0n) is 10.1. The molecule has 5 heteroatoms. The van der Waals surface area contributed by atoms with Crippen LogP contribution in [-0.2, 0) is 17.7 Å². The minimum atomic E-state index is 0.319. The van der Waals surface area contributed by atoms with Gasteiger partial charge in [-0.1, -0.05) is 19.1 Å². The van der Waals surface area contributed by atoms with E-state index in [2.05, 4.69) is 30.2 Å². The fraction of sp³-hybridized carbons (Fsp3) is 0.727. The molecular formula is C11H18N4O. The highest BCUT2D eigenvalue weighted by Crippen LogP contribution is 2.17. The Bertz CT molecular complexity index is 365. The van der Waals surface area contributed by atoms with Gasteiger partial charge in [0.15, 0.2) is 0 Å². The molecule has 0 aliphatic carbocycles. The number of ether oxygens (including phenoxy) is 1. The van der Waals surface area contributed by atoms with E-state index in [1.54, 1.807) is 0 Å². The van der Waals surface area contributed by atoms with Crippen molar-refractivity contribution in [2.75, 3.05) is 13.2 Å². The molecule has 0 spiro atoms. The van der Waals surface area contributed by atoms with Crippen molar-refractivity contribution in [1.29, 1.82) is 5.26 Å². The molecule has 0 atom stereocenters. The number of aromatic nitrogens is 3. The van der Waals surface area contributed by atoms with Crippen LogP contribution in [0.3, 0.4) is 0 Å². The van der Waals surface area contributed by atoms with Crippen LogP contribution in [0.2, 0.25) is 0 Å². The van der Waals surface area contributed by atoms with E-state index in [0.717, 1.165) is 11.4 Å². The first kappa shape index (κ1) is 12.7. The lowest BCUT2D eigenvalue weighted by Crippen LogP contribution is -2.12. The summed E-state index contributed by atoms with van der Waals surface area (Å²) in [6.45, 7) is 8.15. The van der Waals surface area contributed by atoms with Crippen LogP contribution in [0.1, 0.15) is 38.1 Å². The molecule has 88 valence electrons. The fourth-order valence-corrected chi connectivity index (χ4v) is 1.65. The lowest BCUT2D eigenvalue weighted by Gasteiger charge is -2.10. The summed E-state index contributed by atoms with van der Waals surface area (Å²) in [5.41, 5.74) is 1.83. The van der Waals surface area contributed by atoms with Gasteiger partial charge in [-0.05, 0) is 12.8 Å². The SMILES string of the molecule is CCOCCn1nnc(CC#N)c1C(C)C. The molecule has 0 N–H and O–H groups in total. The van der Waals surface area contributed by atoms with Crippen molar-refractivity contribution in [3.05, 3.63) is 11.4 Å². The molecule has 0 aliphatic heterocycles. The quantitative estimate of drug-likeness (QED) is 0.684. The van der Waals surface area contributed by atoms with E-state index in [-0.39, 0.29) is 0 Å². The van der Waals surface area contributed by atoms with Gasteiger partial charge in [-0.15, -0.1) is 5.10 Å². The van der Waals surface area contributed by atoms with Gasteiger partial charge < -0.3 is 4.74 Å². The van der Waals surface area contributed by atoms with E-state index in [4.69, 9.17) is 10.00 Å². The summed E-state index contributed by atoms with van der Waals surface area (Å²) in [4.78, 5) is 0. The van der Waals surface area contributed by atoms with Crippen LogP contribution in [-0.4, -0.2) is 28.2 Å². The number of hydrogen-bond acceptors (Lipinski definition) is 4. The van der Waals surface area contributed by atoms with E-state index < -0.39 is 0 Å². The second-order valence-electron chi connectivity index (χ2n) is 3.83. The zero-order valence-corrected chi connectivity index (χ0v) is 10.1. The van der Waals surface area contributed by atoms with Crippen molar-refractivity contribution >= 4 is 0 Å². The van der Waals surface area contributed by atoms with Crippen molar-refractivity contribution in [3.8, 4) is 6.07 Å². The molecule has 0 aromatic carbocycles. The highest BCUT2D eigenvalue weighted by molar-refractivity contribution is 5.17. The van der Waals surface area contributed by atoms with Gasteiger partial charge >= 0.3 is 0 Å². The molecule has 0 saturated heterocycles. The Morgan fingerprint density at radius 3 is 2.81 bits per heavy atom. The molecule has 16 heavy (non-hydrogen) atoms. The normalized spacial score (nSPS) is 10.7. The molecule has 0 bridgehead atoms. The summed E-state index contributed by atoms with van der Waals surface area (Å²) in [6, 6.07) is 2.11. The maximum atomic E-state index is 8.70. The molecule has 0 aliphatic rings. The van der Waals surface area contributed by atoms with E-state index in [1.807, 2.05) is 11.6 Å². The molecule has 0 saturated carbocycles. The van der Waals surface area contributed by atoms with Gasteiger partial charge in [0, 0.05) is 6.61 Å². The molecule has 0 radical (unpaired) electrons. The smallest absolute Gasteiger partial charge is 0.100 e. The van der Waals surface area contributed by atoms with Crippen LogP contribution in [0.5, 0.6) is 0 Å². The van der Waals surface area contributed by atoms with E-state index in [0.29, 0.717) is 32.1 Å². The second-order valence-corrected chi connectivity index (χ2v) is 3.83. The average Bonchev–Trinajstić information content (AvgIpc) is 2.62. The number of rotatable bonds is 6. The van der Waals surface area contributed by atoms with Crippen LogP contribution in [0, 0.1) is 11.3 Å². The van der Waals surface area contributed by atoms with Gasteiger partial charge in [-0.25, -0.2) is 4.68 Å². The largest absolute Gasteiger partial charge is 0.380 e. The van der Waals surface area contributed by atoms with Crippen LogP contribution in [0.4, 0.5) is 0 Å². The predicted octanol–water partition coefficient (Wildman–Crippen LogP) is 1.50. The summed E-state index contributed by atoms with van der Waals surface area (Å²) < 4.78 is 7.13. The first-order valence-corrected chi connectivity index (χ1v) is 5.57. The molecule has 5 nitrogen and oxygen atoms in total. The van der Waals surface area contributed by atoms with E-state index in [1.165, 1.54) is 0 Å². The Morgan fingerprint density at radius 1 is 1.50 bits per heavy atom. The highest BCUT2D eigenvalue weighted by Gasteiger charge is 2.15. The maximum Gasteiger partial charge on any atom is 0.100 e. The third-order valence-corrected chi connectivity index (χ3v) is 2.29. The predicted molar refractivity (Wildman–Crippen MR) is 59.9 cm³/mol. The summed E-state index contributed by atoms with van der Waals surface area (Å²) in [5.74, 6) is 0.319. The van der Waals surface area contributed by atoms with E-state index in [9.17, 15) is 0 Å². The van der Waals surface area contributed by atoms with Crippen molar-refractivity contribution in [2.24, 2.45) is 0 Å². The van der Waals surface area contributed by atoms with Gasteiger partial charge in [-0.3, -0.25) is 0 Å². The Hall–Kier alpha value is -1.41. The standard InChI is InChI=1S/C11H18N4O/c1-4-16-8-7-15-11(9(2)3)10(5-6-12)13-14-15/h9H,4-5,7-8H2,1-3H3. The summed E-state index contributed by atoms with van der Waals surface area (Å²) >= 11 is 0. The van der Waals surface area contributed by atoms with Crippen LogP contribution in [0.25, 0.3) is 0 Å². The summed E-state index contributed by atoms with van der Waals surface area (Å²) in [7, 11) is 0. The monoisotopic (exact) mass is 222 g/mol. The Morgan fingerprint density at radius 2 is 2.25 bits per heavy atom. The zero-order chi connectivity index (χ0) is 12.0. The third kappa shape index (κ3) is 3.04. The third-order valence-electron chi connectivity index (χ3n) is 2.29.